The molecule has 0 heterocycles. The van der Waals surface area contributed by atoms with Gasteiger partial charge in [-0.25, -0.2) is 4.79 Å². The van der Waals surface area contributed by atoms with Gasteiger partial charge in [0, 0.05) is 11.8 Å². The number of nitrogens with zero attached hydrogens (tertiary/aromatic N) is 1. The molecule has 28 heavy (non-hydrogen) atoms. The minimum absolute atomic E-state index is 0.363. The van der Waals surface area contributed by atoms with Crippen molar-refractivity contribution in [3.05, 3.63) is 71.3 Å². The highest BCUT2D eigenvalue weighted by Gasteiger charge is 2.29. The van der Waals surface area contributed by atoms with Crippen molar-refractivity contribution in [1.82, 2.24) is 0 Å². The summed E-state index contributed by atoms with van der Waals surface area (Å²) >= 11 is 0. The van der Waals surface area contributed by atoms with Crippen molar-refractivity contribution in [1.29, 1.82) is 5.26 Å². The van der Waals surface area contributed by atoms with Crippen LogP contribution in [0.15, 0.2) is 54.6 Å². The Kier molecular flexibility index (Phi) is 6.55. The smallest absolute Gasteiger partial charge is 0.416 e. The summed E-state index contributed by atoms with van der Waals surface area (Å²) in [7, 11) is 0. The average molecular weight is 388 g/mol. The number of ether oxygens (including phenoxy) is 1. The van der Waals surface area contributed by atoms with Gasteiger partial charge in [-0.15, -0.1) is 0 Å². The van der Waals surface area contributed by atoms with E-state index in [4.69, 9.17) is 10.00 Å². The van der Waals surface area contributed by atoms with Crippen LogP contribution in [0.3, 0.4) is 0 Å². The van der Waals surface area contributed by atoms with Crippen molar-refractivity contribution in [2.75, 3.05) is 5.32 Å². The summed E-state index contributed by atoms with van der Waals surface area (Å²) in [6.07, 6.45) is -3.25. The fraction of sp³-hybridized carbons (Fsp3) is 0.150. The van der Waals surface area contributed by atoms with E-state index in [1.807, 2.05) is 6.07 Å². The van der Waals surface area contributed by atoms with E-state index in [-0.39, 0.29) is 0 Å². The fourth-order valence-corrected chi connectivity index (χ4v) is 2.12. The van der Waals surface area contributed by atoms with Crippen molar-refractivity contribution in [2.45, 2.75) is 19.2 Å². The Morgan fingerprint density at radius 1 is 1.18 bits per heavy atom. The first-order chi connectivity index (χ1) is 13.2. The highest BCUT2D eigenvalue weighted by molar-refractivity contribution is 5.96. The summed E-state index contributed by atoms with van der Waals surface area (Å²) in [5, 5.41) is 11.4. The molecule has 0 bridgehead atoms. The Hall–Kier alpha value is -3.60. The third-order valence-corrected chi connectivity index (χ3v) is 3.57. The van der Waals surface area contributed by atoms with Crippen molar-refractivity contribution in [3.8, 4) is 6.07 Å². The predicted octanol–water partition coefficient (Wildman–Crippen LogP) is 4.16. The molecule has 0 aliphatic rings. The van der Waals surface area contributed by atoms with E-state index in [0.717, 1.165) is 18.2 Å². The molecule has 1 amide bonds. The second kappa shape index (κ2) is 8.86. The maximum Gasteiger partial charge on any atom is 0.416 e. The second-order valence-corrected chi connectivity index (χ2v) is 5.71. The van der Waals surface area contributed by atoms with Crippen molar-refractivity contribution in [2.24, 2.45) is 0 Å². The molecule has 0 aromatic heterocycles. The lowest BCUT2D eigenvalue weighted by atomic mass is 10.1. The summed E-state index contributed by atoms with van der Waals surface area (Å²) in [6.45, 7) is 1.37. The second-order valence-electron chi connectivity index (χ2n) is 5.71. The molecule has 1 atom stereocenters. The molecule has 2 aromatic rings. The van der Waals surface area contributed by atoms with E-state index in [9.17, 15) is 22.8 Å². The van der Waals surface area contributed by atoms with Gasteiger partial charge >= 0.3 is 12.1 Å². The van der Waals surface area contributed by atoms with E-state index in [0.29, 0.717) is 16.8 Å². The van der Waals surface area contributed by atoms with Crippen LogP contribution < -0.4 is 5.32 Å². The van der Waals surface area contributed by atoms with E-state index >= 15 is 0 Å². The standard InChI is InChI=1S/C20H15F3N2O3/c1-13(19(27)25-17-4-2-3-15(11-17)12-24)28-18(26)10-7-14-5-8-16(9-6-14)20(21,22)23/h2-11,13H,1H3,(H,25,27)/b10-7+/t13-/m0/s1. The lowest BCUT2D eigenvalue weighted by Crippen LogP contribution is -2.29. The Morgan fingerprint density at radius 2 is 1.86 bits per heavy atom. The molecule has 0 aliphatic heterocycles. The first-order valence-corrected chi connectivity index (χ1v) is 8.06. The summed E-state index contributed by atoms with van der Waals surface area (Å²) in [5.74, 6) is -1.42. The van der Waals surface area contributed by atoms with E-state index < -0.39 is 29.7 Å². The number of nitriles is 1. The largest absolute Gasteiger partial charge is 0.449 e. The lowest BCUT2D eigenvalue weighted by Gasteiger charge is -2.12. The number of hydrogen-bond acceptors (Lipinski definition) is 4. The summed E-state index contributed by atoms with van der Waals surface area (Å²) in [5.41, 5.74) is 0.322. The fourth-order valence-electron chi connectivity index (χ4n) is 2.12. The number of carbonyl (C=O) groups excluding carboxylic acids is 2. The Balaban J connectivity index is 1.91. The van der Waals surface area contributed by atoms with Crippen LogP contribution in [0.5, 0.6) is 0 Å². The average Bonchev–Trinajstić information content (AvgIpc) is 2.66. The molecule has 0 fully saturated rings. The third kappa shape index (κ3) is 5.99. The van der Waals surface area contributed by atoms with Crippen LogP contribution in [0.2, 0.25) is 0 Å². The Bertz CT molecular complexity index is 929. The van der Waals surface area contributed by atoms with Gasteiger partial charge in [0.1, 0.15) is 0 Å². The van der Waals surface area contributed by atoms with Gasteiger partial charge in [0.15, 0.2) is 6.10 Å². The molecule has 0 aliphatic carbocycles. The predicted molar refractivity (Wildman–Crippen MR) is 95.8 cm³/mol. The Morgan fingerprint density at radius 3 is 2.46 bits per heavy atom. The van der Waals surface area contributed by atoms with Crippen molar-refractivity contribution >= 4 is 23.6 Å². The zero-order chi connectivity index (χ0) is 20.7. The number of nitrogens with one attached hydrogen (secondary N) is 1. The molecule has 0 saturated heterocycles. The highest BCUT2D eigenvalue weighted by atomic mass is 19.4. The van der Waals surface area contributed by atoms with E-state index in [2.05, 4.69) is 5.32 Å². The number of halogens is 3. The minimum atomic E-state index is -4.43. The number of anilines is 1. The molecule has 144 valence electrons. The van der Waals surface area contributed by atoms with E-state index in [1.54, 1.807) is 18.2 Å². The lowest BCUT2D eigenvalue weighted by molar-refractivity contribution is -0.148. The molecular weight excluding hydrogens is 373 g/mol. The van der Waals surface area contributed by atoms with Crippen LogP contribution in [-0.4, -0.2) is 18.0 Å². The molecule has 0 radical (unpaired) electrons. The molecule has 2 aromatic carbocycles. The van der Waals surface area contributed by atoms with Gasteiger partial charge in [0.05, 0.1) is 17.2 Å². The van der Waals surface area contributed by atoms with Crippen LogP contribution in [0.4, 0.5) is 18.9 Å². The normalized spacial score (nSPS) is 12.2. The van der Waals surface area contributed by atoms with Gasteiger partial charge in [0.25, 0.3) is 5.91 Å². The van der Waals surface area contributed by atoms with Crippen molar-refractivity contribution in [3.63, 3.8) is 0 Å². The zero-order valence-corrected chi connectivity index (χ0v) is 14.7. The Labute approximate surface area is 159 Å². The van der Waals surface area contributed by atoms with Gasteiger partial charge in [-0.2, -0.15) is 18.4 Å². The van der Waals surface area contributed by atoms with Crippen LogP contribution in [0, 0.1) is 11.3 Å². The maximum atomic E-state index is 12.5. The monoisotopic (exact) mass is 388 g/mol. The molecule has 8 heteroatoms. The molecule has 1 N–H and O–H groups in total. The van der Waals surface area contributed by atoms with Gasteiger partial charge in [-0.05, 0) is 48.9 Å². The number of carbonyl (C=O) groups is 2. The molecule has 0 unspecified atom stereocenters. The third-order valence-electron chi connectivity index (χ3n) is 3.57. The molecule has 0 saturated carbocycles. The summed E-state index contributed by atoms with van der Waals surface area (Å²) < 4.78 is 42.5. The van der Waals surface area contributed by atoms with Crippen LogP contribution in [0.1, 0.15) is 23.6 Å². The number of rotatable bonds is 5. The number of esters is 1. The van der Waals surface area contributed by atoms with Gasteiger partial charge in [-0.1, -0.05) is 18.2 Å². The van der Waals surface area contributed by atoms with Crippen molar-refractivity contribution < 1.29 is 27.5 Å². The number of amides is 1. The van der Waals surface area contributed by atoms with E-state index in [1.165, 1.54) is 31.2 Å². The molecule has 5 nitrogen and oxygen atoms in total. The highest BCUT2D eigenvalue weighted by Crippen LogP contribution is 2.29. The number of benzene rings is 2. The van der Waals surface area contributed by atoms with Crippen LogP contribution >= 0.6 is 0 Å². The quantitative estimate of drug-likeness (QED) is 0.616. The van der Waals surface area contributed by atoms with Crippen LogP contribution in [-0.2, 0) is 20.5 Å². The summed E-state index contributed by atoms with van der Waals surface area (Å²) in [4.78, 5) is 23.8. The maximum absolute atomic E-state index is 12.5. The zero-order valence-electron chi connectivity index (χ0n) is 14.7. The summed E-state index contributed by atoms with van der Waals surface area (Å²) in [6, 6.07) is 12.4. The van der Waals surface area contributed by atoms with Gasteiger partial charge in [0.2, 0.25) is 0 Å². The SMILES string of the molecule is C[C@H](OC(=O)/C=C/c1ccc(C(F)(F)F)cc1)C(=O)Nc1cccc(C#N)c1. The molecular formula is C20H15F3N2O3. The minimum Gasteiger partial charge on any atom is -0.449 e. The number of alkyl halides is 3. The topological polar surface area (TPSA) is 79.2 Å². The molecule has 2 rings (SSSR count). The molecule has 0 spiro atoms. The first kappa shape index (κ1) is 20.7. The van der Waals surface area contributed by atoms with Gasteiger partial charge < -0.3 is 10.1 Å². The van der Waals surface area contributed by atoms with Gasteiger partial charge in [-0.3, -0.25) is 4.79 Å². The first-order valence-electron chi connectivity index (χ1n) is 8.06. The number of hydrogen-bond donors (Lipinski definition) is 1. The van der Waals surface area contributed by atoms with Crippen LogP contribution in [0.25, 0.3) is 6.08 Å².